The molecular formula is C20H29FN4O3. The van der Waals surface area contributed by atoms with Gasteiger partial charge >= 0.3 is 0 Å². The van der Waals surface area contributed by atoms with Crippen molar-refractivity contribution in [1.82, 2.24) is 14.7 Å². The van der Waals surface area contributed by atoms with Gasteiger partial charge in [-0.1, -0.05) is 0 Å². The maximum Gasteiger partial charge on any atom is 0.238 e. The zero-order valence-corrected chi connectivity index (χ0v) is 16.6. The molecule has 1 N–H and O–H groups in total. The number of nitrogens with one attached hydrogen (secondary N) is 1. The second kappa shape index (κ2) is 9.45. The third-order valence-corrected chi connectivity index (χ3v) is 5.09. The van der Waals surface area contributed by atoms with Crippen molar-refractivity contribution in [2.75, 3.05) is 57.7 Å². The van der Waals surface area contributed by atoms with Crippen LogP contribution in [0.2, 0.25) is 0 Å². The van der Waals surface area contributed by atoms with Crippen LogP contribution in [0.5, 0.6) is 0 Å². The number of morpholine rings is 1. The van der Waals surface area contributed by atoms with Crippen molar-refractivity contribution < 1.29 is 18.7 Å². The molecule has 2 heterocycles. The highest BCUT2D eigenvalue weighted by atomic mass is 19.1. The van der Waals surface area contributed by atoms with Gasteiger partial charge in [-0.3, -0.25) is 19.4 Å². The Balaban J connectivity index is 1.38. The molecule has 0 spiro atoms. The van der Waals surface area contributed by atoms with Crippen LogP contribution in [0.1, 0.15) is 13.8 Å². The molecule has 0 unspecified atom stereocenters. The van der Waals surface area contributed by atoms with E-state index in [1.807, 2.05) is 18.7 Å². The van der Waals surface area contributed by atoms with Crippen LogP contribution in [0.3, 0.4) is 0 Å². The highest BCUT2D eigenvalue weighted by Crippen LogP contribution is 2.12. The van der Waals surface area contributed by atoms with Crippen LogP contribution in [-0.4, -0.2) is 91.1 Å². The average Bonchev–Trinajstić information content (AvgIpc) is 2.64. The number of carbonyl (C=O) groups excluding carboxylic acids is 2. The van der Waals surface area contributed by atoms with E-state index in [2.05, 4.69) is 15.1 Å². The van der Waals surface area contributed by atoms with E-state index in [0.717, 1.165) is 26.2 Å². The first-order valence-corrected chi connectivity index (χ1v) is 9.82. The lowest BCUT2D eigenvalue weighted by Gasteiger charge is -2.38. The van der Waals surface area contributed by atoms with Gasteiger partial charge in [0.1, 0.15) is 5.82 Å². The van der Waals surface area contributed by atoms with Crippen molar-refractivity contribution in [2.24, 2.45) is 0 Å². The monoisotopic (exact) mass is 392 g/mol. The lowest BCUT2D eigenvalue weighted by molar-refractivity contribution is -0.144. The number of nitrogens with zero attached hydrogens (tertiary/aromatic N) is 3. The topological polar surface area (TPSA) is 65.1 Å². The van der Waals surface area contributed by atoms with Gasteiger partial charge in [0, 0.05) is 45.0 Å². The summed E-state index contributed by atoms with van der Waals surface area (Å²) < 4.78 is 18.6. The quantitative estimate of drug-likeness (QED) is 0.811. The molecule has 0 aliphatic carbocycles. The predicted octanol–water partition coefficient (Wildman–Crippen LogP) is 1.02. The molecule has 7 nitrogen and oxygen atoms in total. The zero-order chi connectivity index (χ0) is 20.1. The van der Waals surface area contributed by atoms with Gasteiger partial charge in [0.05, 0.1) is 25.3 Å². The summed E-state index contributed by atoms with van der Waals surface area (Å²) in [7, 11) is 0. The maximum absolute atomic E-state index is 12.9. The SMILES string of the molecule is C[C@@H]1CN(C(=O)CN2CCN(CC(=O)Nc3ccc(F)cc3)CC2)C[C@H](C)O1. The van der Waals surface area contributed by atoms with Crippen molar-refractivity contribution in [1.29, 1.82) is 0 Å². The normalized spacial score (nSPS) is 24.2. The highest BCUT2D eigenvalue weighted by Gasteiger charge is 2.28. The largest absolute Gasteiger partial charge is 0.372 e. The minimum absolute atomic E-state index is 0.0733. The van der Waals surface area contributed by atoms with E-state index < -0.39 is 0 Å². The Morgan fingerprint density at radius 2 is 1.54 bits per heavy atom. The Kier molecular flexibility index (Phi) is 6.98. The fraction of sp³-hybridized carbons (Fsp3) is 0.600. The van der Waals surface area contributed by atoms with Crippen LogP contribution in [0, 0.1) is 5.82 Å². The fourth-order valence-electron chi connectivity index (χ4n) is 3.72. The molecule has 2 atom stereocenters. The Morgan fingerprint density at radius 1 is 1.00 bits per heavy atom. The fourth-order valence-corrected chi connectivity index (χ4v) is 3.72. The molecule has 2 aliphatic rings. The number of hydrogen-bond acceptors (Lipinski definition) is 5. The summed E-state index contributed by atoms with van der Waals surface area (Å²) in [6, 6.07) is 5.73. The van der Waals surface area contributed by atoms with E-state index in [1.165, 1.54) is 12.1 Å². The van der Waals surface area contributed by atoms with Crippen molar-refractivity contribution in [3.05, 3.63) is 30.1 Å². The van der Waals surface area contributed by atoms with Gasteiger partial charge in [0.15, 0.2) is 0 Å². The first-order chi connectivity index (χ1) is 13.4. The summed E-state index contributed by atoms with van der Waals surface area (Å²) in [5.74, 6) is -0.304. The van der Waals surface area contributed by atoms with Gasteiger partial charge in [-0.25, -0.2) is 4.39 Å². The molecule has 8 heteroatoms. The second-order valence-electron chi connectivity index (χ2n) is 7.66. The minimum Gasteiger partial charge on any atom is -0.372 e. The lowest BCUT2D eigenvalue weighted by Crippen LogP contribution is -2.54. The first kappa shape index (κ1) is 20.7. The van der Waals surface area contributed by atoms with E-state index in [9.17, 15) is 14.0 Å². The molecule has 154 valence electrons. The molecule has 3 rings (SSSR count). The molecular weight excluding hydrogens is 363 g/mol. The standard InChI is InChI=1S/C20H29FN4O3/c1-15-11-25(12-16(2)28-15)20(27)14-24-9-7-23(8-10-24)13-19(26)22-18-5-3-17(21)4-6-18/h3-6,15-16H,7-14H2,1-2H3,(H,22,26)/t15-,16+. The van der Waals surface area contributed by atoms with Crippen molar-refractivity contribution in [3.8, 4) is 0 Å². The molecule has 28 heavy (non-hydrogen) atoms. The molecule has 2 saturated heterocycles. The maximum atomic E-state index is 12.9. The molecule has 0 radical (unpaired) electrons. The number of carbonyl (C=O) groups is 2. The predicted molar refractivity (Wildman–Crippen MR) is 104 cm³/mol. The molecule has 1 aromatic rings. The Bertz CT molecular complexity index is 667. The molecule has 0 bridgehead atoms. The number of rotatable bonds is 5. The van der Waals surface area contributed by atoms with Crippen LogP contribution >= 0.6 is 0 Å². The van der Waals surface area contributed by atoms with Gasteiger partial charge in [-0.15, -0.1) is 0 Å². The number of ether oxygens (including phenoxy) is 1. The summed E-state index contributed by atoms with van der Waals surface area (Å²) in [6.07, 6.45) is 0.147. The molecule has 1 aromatic carbocycles. The van der Waals surface area contributed by atoms with E-state index >= 15 is 0 Å². The van der Waals surface area contributed by atoms with Gasteiger partial charge < -0.3 is 15.0 Å². The second-order valence-corrected chi connectivity index (χ2v) is 7.66. The number of hydrogen-bond donors (Lipinski definition) is 1. The third-order valence-electron chi connectivity index (χ3n) is 5.09. The molecule has 0 saturated carbocycles. The zero-order valence-electron chi connectivity index (χ0n) is 16.6. The molecule has 2 fully saturated rings. The van der Waals surface area contributed by atoms with Gasteiger partial charge in [0.25, 0.3) is 0 Å². The van der Waals surface area contributed by atoms with E-state index in [1.54, 1.807) is 12.1 Å². The van der Waals surface area contributed by atoms with E-state index in [-0.39, 0.29) is 36.4 Å². The molecule has 2 aliphatic heterocycles. The summed E-state index contributed by atoms with van der Waals surface area (Å²) in [4.78, 5) is 30.8. The summed E-state index contributed by atoms with van der Waals surface area (Å²) in [5.41, 5.74) is 0.588. The molecule has 0 aromatic heterocycles. The number of anilines is 1. The Hall–Kier alpha value is -2.03. The van der Waals surface area contributed by atoms with Gasteiger partial charge in [-0.2, -0.15) is 0 Å². The number of benzene rings is 1. The van der Waals surface area contributed by atoms with Crippen LogP contribution in [0.15, 0.2) is 24.3 Å². The highest BCUT2D eigenvalue weighted by molar-refractivity contribution is 5.92. The molecule has 2 amide bonds. The number of piperazine rings is 1. The van der Waals surface area contributed by atoms with Crippen LogP contribution in [0.4, 0.5) is 10.1 Å². The van der Waals surface area contributed by atoms with Gasteiger partial charge in [0.2, 0.25) is 11.8 Å². The summed E-state index contributed by atoms with van der Waals surface area (Å²) in [5, 5.41) is 2.78. The average molecular weight is 392 g/mol. The Labute approximate surface area is 165 Å². The number of halogens is 1. The number of amides is 2. The summed E-state index contributed by atoms with van der Waals surface area (Å²) >= 11 is 0. The van der Waals surface area contributed by atoms with E-state index in [4.69, 9.17) is 4.74 Å². The van der Waals surface area contributed by atoms with E-state index in [0.29, 0.717) is 25.3 Å². The first-order valence-electron chi connectivity index (χ1n) is 9.82. The minimum atomic E-state index is -0.329. The smallest absolute Gasteiger partial charge is 0.238 e. The summed E-state index contributed by atoms with van der Waals surface area (Å²) in [6.45, 7) is 8.96. The third kappa shape index (κ3) is 5.98. The van der Waals surface area contributed by atoms with Crippen LogP contribution < -0.4 is 5.32 Å². The van der Waals surface area contributed by atoms with Crippen molar-refractivity contribution in [2.45, 2.75) is 26.1 Å². The lowest BCUT2D eigenvalue weighted by atomic mass is 10.2. The van der Waals surface area contributed by atoms with Crippen LogP contribution in [0.25, 0.3) is 0 Å². The van der Waals surface area contributed by atoms with Crippen molar-refractivity contribution in [3.63, 3.8) is 0 Å². The van der Waals surface area contributed by atoms with Gasteiger partial charge in [-0.05, 0) is 38.1 Å². The van der Waals surface area contributed by atoms with Crippen molar-refractivity contribution >= 4 is 17.5 Å². The Morgan fingerprint density at radius 3 is 2.11 bits per heavy atom. The van der Waals surface area contributed by atoms with Crippen LogP contribution in [-0.2, 0) is 14.3 Å².